The van der Waals surface area contributed by atoms with Gasteiger partial charge in [0, 0.05) is 22.5 Å². The first-order valence-corrected chi connectivity index (χ1v) is 11.4. The minimum absolute atomic E-state index is 0.0474. The number of aromatic nitrogens is 1. The van der Waals surface area contributed by atoms with Gasteiger partial charge in [0.25, 0.3) is 5.91 Å². The smallest absolute Gasteiger partial charge is 0.355 e. The van der Waals surface area contributed by atoms with Crippen molar-refractivity contribution in [3.8, 4) is 0 Å². The van der Waals surface area contributed by atoms with Gasteiger partial charge in [0.05, 0.1) is 13.0 Å². The maximum Gasteiger partial charge on any atom is 0.355 e. The second-order valence-electron chi connectivity index (χ2n) is 8.81. The fourth-order valence-corrected chi connectivity index (χ4v) is 4.75. The van der Waals surface area contributed by atoms with Gasteiger partial charge < -0.3 is 14.7 Å². The Bertz CT molecular complexity index is 1230. The largest absolute Gasteiger partial charge is 0.476 e. The van der Waals surface area contributed by atoms with Crippen molar-refractivity contribution < 1.29 is 24.2 Å². The van der Waals surface area contributed by atoms with E-state index in [1.165, 1.54) is 16.7 Å². The molecule has 3 aromatic rings. The van der Waals surface area contributed by atoms with Crippen molar-refractivity contribution in [2.45, 2.75) is 45.3 Å². The number of nitrogens with zero attached hydrogens (tertiary/aromatic N) is 2. The third-order valence-electron chi connectivity index (χ3n) is 5.27. The number of benzene rings is 2. The van der Waals surface area contributed by atoms with Crippen LogP contribution in [0.3, 0.4) is 0 Å². The maximum atomic E-state index is 13.7. The molecule has 1 aromatic heterocycles. The second kappa shape index (κ2) is 8.78. The molecule has 0 saturated carbocycles. The van der Waals surface area contributed by atoms with Gasteiger partial charge in [-0.05, 0) is 44.0 Å². The Hall–Kier alpha value is -3.52. The number of amides is 1. The first-order valence-electron chi connectivity index (χ1n) is 10.5. The lowest BCUT2D eigenvalue weighted by Crippen LogP contribution is -2.30. The summed E-state index contributed by atoms with van der Waals surface area (Å²) in [6, 6.07) is 14.7. The van der Waals surface area contributed by atoms with Crippen LogP contribution < -0.4 is 4.90 Å². The van der Waals surface area contributed by atoms with Gasteiger partial charge in [-0.1, -0.05) is 36.4 Å². The molecule has 1 unspecified atom stereocenters. The SMILES string of the molecule is CC(C)(C)OC(=O)CC1c2ccccc2C(=O)N(Cc2nc(C(=O)O)cs2)c2ccccc21. The van der Waals surface area contributed by atoms with E-state index in [0.29, 0.717) is 16.3 Å². The van der Waals surface area contributed by atoms with Gasteiger partial charge in [0.2, 0.25) is 0 Å². The summed E-state index contributed by atoms with van der Waals surface area (Å²) in [6.45, 7) is 5.60. The van der Waals surface area contributed by atoms with E-state index in [2.05, 4.69) is 4.98 Å². The summed E-state index contributed by atoms with van der Waals surface area (Å²) in [5, 5.41) is 11.2. The molecule has 0 radical (unpaired) electrons. The minimum atomic E-state index is -1.11. The number of hydrogen-bond acceptors (Lipinski definition) is 6. The van der Waals surface area contributed by atoms with E-state index in [1.807, 2.05) is 57.2 Å². The van der Waals surface area contributed by atoms with Crippen LogP contribution in [0.25, 0.3) is 0 Å². The van der Waals surface area contributed by atoms with Crippen LogP contribution in [0, 0.1) is 0 Å². The van der Waals surface area contributed by atoms with Gasteiger partial charge in [0.1, 0.15) is 10.6 Å². The average molecular weight is 465 g/mol. The predicted molar refractivity (Wildman–Crippen MR) is 125 cm³/mol. The average Bonchev–Trinajstić information content (AvgIpc) is 3.20. The Kier molecular flexibility index (Phi) is 6.03. The lowest BCUT2D eigenvalue weighted by Gasteiger charge is -2.24. The fraction of sp³-hybridized carbons (Fsp3) is 0.280. The number of thiazole rings is 1. The number of carbonyl (C=O) groups excluding carboxylic acids is 2. The molecule has 0 saturated heterocycles. The highest BCUT2D eigenvalue weighted by atomic mass is 32.1. The van der Waals surface area contributed by atoms with Gasteiger partial charge in [-0.15, -0.1) is 11.3 Å². The molecule has 33 heavy (non-hydrogen) atoms. The number of hydrogen-bond donors (Lipinski definition) is 1. The van der Waals surface area contributed by atoms with Gasteiger partial charge >= 0.3 is 11.9 Å². The molecule has 2 aromatic carbocycles. The van der Waals surface area contributed by atoms with Crippen LogP contribution in [0.5, 0.6) is 0 Å². The number of anilines is 1. The second-order valence-corrected chi connectivity index (χ2v) is 9.75. The molecule has 170 valence electrons. The summed E-state index contributed by atoms with van der Waals surface area (Å²) in [5.74, 6) is -2.05. The summed E-state index contributed by atoms with van der Waals surface area (Å²) in [7, 11) is 0. The highest BCUT2D eigenvalue weighted by Crippen LogP contribution is 2.41. The highest BCUT2D eigenvalue weighted by Gasteiger charge is 2.34. The molecular formula is C25H24N2O5S. The number of carboxylic acids is 1. The number of esters is 1. The van der Waals surface area contributed by atoms with Crippen LogP contribution in [0.15, 0.2) is 53.9 Å². The molecule has 1 N–H and O–H groups in total. The summed E-state index contributed by atoms with van der Waals surface area (Å²) in [5.41, 5.74) is 2.09. The summed E-state index contributed by atoms with van der Waals surface area (Å²) >= 11 is 1.19. The van der Waals surface area contributed by atoms with Crippen LogP contribution in [0.4, 0.5) is 5.69 Å². The van der Waals surface area contributed by atoms with Crippen molar-refractivity contribution in [1.29, 1.82) is 0 Å². The number of para-hydroxylation sites is 1. The quantitative estimate of drug-likeness (QED) is 0.542. The van der Waals surface area contributed by atoms with Crippen molar-refractivity contribution >= 4 is 34.9 Å². The lowest BCUT2D eigenvalue weighted by molar-refractivity contribution is -0.155. The molecule has 4 rings (SSSR count). The fourth-order valence-electron chi connectivity index (χ4n) is 3.99. The molecule has 0 spiro atoms. The monoisotopic (exact) mass is 464 g/mol. The number of fused-ring (bicyclic) bond motifs is 2. The van der Waals surface area contributed by atoms with E-state index in [9.17, 15) is 19.5 Å². The molecule has 1 amide bonds. The maximum absolute atomic E-state index is 13.7. The van der Waals surface area contributed by atoms with Crippen molar-refractivity contribution in [2.24, 2.45) is 0 Å². The molecule has 0 aliphatic carbocycles. The Morgan fingerprint density at radius 2 is 1.76 bits per heavy atom. The predicted octanol–water partition coefficient (Wildman–Crippen LogP) is 4.87. The molecule has 7 nitrogen and oxygen atoms in total. The molecular weight excluding hydrogens is 440 g/mol. The number of ether oxygens (including phenoxy) is 1. The Labute approximate surface area is 195 Å². The van der Waals surface area contributed by atoms with Crippen LogP contribution in [-0.4, -0.2) is 33.5 Å². The van der Waals surface area contributed by atoms with Crippen molar-refractivity contribution in [3.05, 3.63) is 81.3 Å². The molecule has 1 atom stereocenters. The normalized spacial score (nSPS) is 15.4. The van der Waals surface area contributed by atoms with E-state index >= 15 is 0 Å². The molecule has 1 aliphatic rings. The zero-order valence-corrected chi connectivity index (χ0v) is 19.4. The first-order chi connectivity index (χ1) is 15.6. The van der Waals surface area contributed by atoms with Crippen LogP contribution in [0.1, 0.15) is 70.1 Å². The molecule has 0 bridgehead atoms. The highest BCUT2D eigenvalue weighted by molar-refractivity contribution is 7.09. The number of aromatic carboxylic acids is 1. The van der Waals surface area contributed by atoms with E-state index in [-0.39, 0.29) is 36.5 Å². The third kappa shape index (κ3) is 4.80. The van der Waals surface area contributed by atoms with E-state index in [0.717, 1.165) is 11.1 Å². The van der Waals surface area contributed by atoms with E-state index < -0.39 is 11.6 Å². The van der Waals surface area contributed by atoms with Crippen LogP contribution in [-0.2, 0) is 16.1 Å². The standard InChI is InChI=1S/C25H24N2O5S/c1-25(2,3)32-22(28)12-18-15-8-4-5-10-17(15)23(29)27(20-11-7-6-9-16(18)20)13-21-26-19(14-33-21)24(30)31/h4-11,14,18H,12-13H2,1-3H3,(H,30,31). The molecule has 2 heterocycles. The van der Waals surface area contributed by atoms with Gasteiger partial charge in [-0.25, -0.2) is 9.78 Å². The van der Waals surface area contributed by atoms with Gasteiger partial charge in [-0.3, -0.25) is 9.59 Å². The minimum Gasteiger partial charge on any atom is -0.476 e. The molecule has 0 fully saturated rings. The number of rotatable bonds is 5. The summed E-state index contributed by atoms with van der Waals surface area (Å²) in [4.78, 5) is 43.5. The third-order valence-corrected chi connectivity index (χ3v) is 6.10. The van der Waals surface area contributed by atoms with Gasteiger partial charge in [-0.2, -0.15) is 0 Å². The lowest BCUT2D eigenvalue weighted by atomic mass is 9.86. The summed E-state index contributed by atoms with van der Waals surface area (Å²) < 4.78 is 5.58. The van der Waals surface area contributed by atoms with E-state index in [4.69, 9.17) is 4.74 Å². The van der Waals surface area contributed by atoms with Crippen LogP contribution in [0.2, 0.25) is 0 Å². The molecule has 1 aliphatic heterocycles. The Morgan fingerprint density at radius 3 is 2.42 bits per heavy atom. The zero-order valence-electron chi connectivity index (χ0n) is 18.6. The van der Waals surface area contributed by atoms with Crippen molar-refractivity contribution in [3.63, 3.8) is 0 Å². The van der Waals surface area contributed by atoms with Crippen molar-refractivity contribution in [2.75, 3.05) is 4.90 Å². The Balaban J connectivity index is 1.79. The van der Waals surface area contributed by atoms with Crippen LogP contribution >= 0.6 is 11.3 Å². The molecule has 8 heteroatoms. The first kappa shape index (κ1) is 22.7. The van der Waals surface area contributed by atoms with Crippen molar-refractivity contribution in [1.82, 2.24) is 4.98 Å². The number of carboxylic acid groups (broad SMARTS) is 1. The van der Waals surface area contributed by atoms with E-state index in [1.54, 1.807) is 17.0 Å². The zero-order chi connectivity index (χ0) is 23.8. The number of carbonyl (C=O) groups is 3. The van der Waals surface area contributed by atoms with Gasteiger partial charge in [0.15, 0.2) is 5.69 Å². The summed E-state index contributed by atoms with van der Waals surface area (Å²) in [6.07, 6.45) is 0.0901. The Morgan fingerprint density at radius 1 is 1.09 bits per heavy atom. The topological polar surface area (TPSA) is 96.8 Å².